The lowest BCUT2D eigenvalue weighted by Gasteiger charge is -2.03. The number of carboxylic acid groups (broad SMARTS) is 2. The summed E-state index contributed by atoms with van der Waals surface area (Å²) in [5, 5.41) is 28.6. The maximum atomic E-state index is 11.4. The van der Waals surface area contributed by atoms with Crippen LogP contribution in [-0.2, 0) is 12.8 Å². The molecule has 0 atom stereocenters. The normalized spacial score (nSPS) is 10.8. The average molecular weight is 326 g/mol. The van der Waals surface area contributed by atoms with Gasteiger partial charge in [0.05, 0.1) is 10.9 Å². The molecule has 0 fully saturated rings. The highest BCUT2D eigenvalue weighted by Crippen LogP contribution is 2.33. The molecule has 3 aromatic rings. The summed E-state index contributed by atoms with van der Waals surface area (Å²) >= 11 is 0. The minimum atomic E-state index is -1.19. The van der Waals surface area contributed by atoms with E-state index < -0.39 is 11.9 Å². The maximum Gasteiger partial charge on any atom is 0.372 e. The highest BCUT2D eigenvalue weighted by Gasteiger charge is 2.21. The van der Waals surface area contributed by atoms with Crippen LogP contribution in [0.4, 0.5) is 0 Å². The Bertz CT molecular complexity index is 921. The van der Waals surface area contributed by atoms with Crippen molar-refractivity contribution in [1.29, 1.82) is 0 Å². The van der Waals surface area contributed by atoms with Crippen molar-refractivity contribution >= 4 is 22.9 Å². The number of hydrogen-bond acceptors (Lipinski definition) is 4. The lowest BCUT2D eigenvalue weighted by Crippen LogP contribution is -2.01. The molecule has 3 N–H and O–H groups in total. The standard InChI is InChI=1S/C18H14O6/c19-13-2-1-3-14-15(13)12(16(24-14)18(22)23)9-6-10-4-7-11(8-5-10)17(20)21/h1-5,7-8,19H,6,9H2,(H,20,21)(H,22,23). The van der Waals surface area contributed by atoms with Crippen LogP contribution >= 0.6 is 0 Å². The monoisotopic (exact) mass is 326 g/mol. The summed E-state index contributed by atoms with van der Waals surface area (Å²) in [4.78, 5) is 22.2. The van der Waals surface area contributed by atoms with Crippen molar-refractivity contribution in [2.75, 3.05) is 0 Å². The molecule has 6 heteroatoms. The summed E-state index contributed by atoms with van der Waals surface area (Å²) < 4.78 is 5.34. The zero-order valence-electron chi connectivity index (χ0n) is 12.5. The van der Waals surface area contributed by atoms with Crippen LogP contribution in [-0.4, -0.2) is 27.3 Å². The predicted octanol–water partition coefficient (Wildman–Crippen LogP) is 3.32. The minimum Gasteiger partial charge on any atom is -0.507 e. The Hall–Kier alpha value is -3.28. The predicted molar refractivity (Wildman–Crippen MR) is 85.6 cm³/mol. The first-order valence-electron chi connectivity index (χ1n) is 7.26. The van der Waals surface area contributed by atoms with Gasteiger partial charge >= 0.3 is 11.9 Å². The smallest absolute Gasteiger partial charge is 0.372 e. The second-order valence-electron chi connectivity index (χ2n) is 5.37. The molecule has 0 spiro atoms. The number of carboxylic acids is 2. The number of carbonyl (C=O) groups is 2. The van der Waals surface area contributed by atoms with E-state index in [9.17, 15) is 19.8 Å². The first-order chi connectivity index (χ1) is 11.5. The van der Waals surface area contributed by atoms with Crippen molar-refractivity contribution < 1.29 is 29.3 Å². The van der Waals surface area contributed by atoms with Crippen LogP contribution in [0.25, 0.3) is 11.0 Å². The van der Waals surface area contributed by atoms with E-state index >= 15 is 0 Å². The number of aromatic carboxylic acids is 2. The van der Waals surface area contributed by atoms with Crippen molar-refractivity contribution in [3.63, 3.8) is 0 Å². The Morgan fingerprint density at radius 1 is 0.917 bits per heavy atom. The van der Waals surface area contributed by atoms with E-state index in [2.05, 4.69) is 0 Å². The van der Waals surface area contributed by atoms with Crippen molar-refractivity contribution in [2.45, 2.75) is 12.8 Å². The number of rotatable bonds is 5. The van der Waals surface area contributed by atoms with E-state index in [-0.39, 0.29) is 17.1 Å². The Morgan fingerprint density at radius 3 is 2.25 bits per heavy atom. The quantitative estimate of drug-likeness (QED) is 0.664. The molecule has 0 aliphatic heterocycles. The van der Waals surface area contributed by atoms with Gasteiger partial charge in [0.25, 0.3) is 0 Å². The van der Waals surface area contributed by atoms with Crippen LogP contribution < -0.4 is 0 Å². The van der Waals surface area contributed by atoms with E-state index in [1.165, 1.54) is 18.2 Å². The largest absolute Gasteiger partial charge is 0.507 e. The molecule has 0 bridgehead atoms. The molecule has 0 aliphatic rings. The summed E-state index contributed by atoms with van der Waals surface area (Å²) in [6, 6.07) is 11.0. The highest BCUT2D eigenvalue weighted by atomic mass is 16.4. The number of phenols is 1. The molecule has 1 heterocycles. The van der Waals surface area contributed by atoms with E-state index in [1.807, 2.05) is 0 Å². The fourth-order valence-corrected chi connectivity index (χ4v) is 2.69. The minimum absolute atomic E-state index is 0.0278. The average Bonchev–Trinajstić information content (AvgIpc) is 2.93. The van der Waals surface area contributed by atoms with Gasteiger partial charge in [-0.25, -0.2) is 9.59 Å². The van der Waals surface area contributed by atoms with Crippen LogP contribution in [0.3, 0.4) is 0 Å². The van der Waals surface area contributed by atoms with E-state index in [0.29, 0.717) is 29.4 Å². The topological polar surface area (TPSA) is 108 Å². The van der Waals surface area contributed by atoms with Gasteiger partial charge in [0.15, 0.2) is 0 Å². The summed E-state index contributed by atoms with van der Waals surface area (Å²) in [6.45, 7) is 0. The zero-order chi connectivity index (χ0) is 17.3. The third-order valence-electron chi connectivity index (χ3n) is 3.85. The summed E-state index contributed by atoms with van der Waals surface area (Å²) in [6.07, 6.45) is 0.835. The number of furan rings is 1. The molecular formula is C18H14O6. The number of benzene rings is 2. The summed E-state index contributed by atoms with van der Waals surface area (Å²) in [5.74, 6) is -2.41. The van der Waals surface area contributed by atoms with Crippen molar-refractivity contribution in [3.8, 4) is 5.75 Å². The van der Waals surface area contributed by atoms with Gasteiger partial charge in [-0.1, -0.05) is 18.2 Å². The molecule has 0 unspecified atom stereocenters. The number of phenolic OH excluding ortho intramolecular Hbond substituents is 1. The first kappa shape index (κ1) is 15.6. The maximum absolute atomic E-state index is 11.4. The number of fused-ring (bicyclic) bond motifs is 1. The molecule has 0 saturated heterocycles. The van der Waals surface area contributed by atoms with Gasteiger partial charge in [-0.2, -0.15) is 0 Å². The van der Waals surface area contributed by atoms with Crippen LogP contribution in [0.2, 0.25) is 0 Å². The second-order valence-corrected chi connectivity index (χ2v) is 5.37. The Balaban J connectivity index is 1.93. The van der Waals surface area contributed by atoms with Gasteiger partial charge in [0.2, 0.25) is 5.76 Å². The third kappa shape index (κ3) is 2.81. The van der Waals surface area contributed by atoms with E-state index in [1.54, 1.807) is 24.3 Å². The molecule has 1 aromatic heterocycles. The molecule has 0 aliphatic carbocycles. The van der Waals surface area contributed by atoms with E-state index in [4.69, 9.17) is 9.52 Å². The number of aryl methyl sites for hydroxylation is 2. The fraction of sp³-hybridized carbons (Fsp3) is 0.111. The Morgan fingerprint density at radius 2 is 1.62 bits per heavy atom. The molecule has 3 rings (SSSR count). The molecule has 6 nitrogen and oxygen atoms in total. The third-order valence-corrected chi connectivity index (χ3v) is 3.85. The Labute approximate surface area is 136 Å². The summed E-state index contributed by atoms with van der Waals surface area (Å²) in [5.41, 5.74) is 1.80. The highest BCUT2D eigenvalue weighted by molar-refractivity contribution is 5.97. The van der Waals surface area contributed by atoms with Gasteiger partial charge in [-0.05, 0) is 42.7 Å². The van der Waals surface area contributed by atoms with Gasteiger partial charge in [0, 0.05) is 5.56 Å². The van der Waals surface area contributed by atoms with Crippen LogP contribution in [0.15, 0.2) is 46.9 Å². The van der Waals surface area contributed by atoms with Crippen molar-refractivity contribution in [2.24, 2.45) is 0 Å². The van der Waals surface area contributed by atoms with Crippen LogP contribution in [0, 0.1) is 0 Å². The number of hydrogen-bond donors (Lipinski definition) is 3. The lowest BCUT2D eigenvalue weighted by molar-refractivity contribution is 0.0660. The van der Waals surface area contributed by atoms with Crippen molar-refractivity contribution in [3.05, 3.63) is 64.9 Å². The van der Waals surface area contributed by atoms with Gasteiger partial charge in [0.1, 0.15) is 11.3 Å². The molecule has 2 aromatic carbocycles. The zero-order valence-corrected chi connectivity index (χ0v) is 12.5. The number of aromatic hydroxyl groups is 1. The molecular weight excluding hydrogens is 312 g/mol. The molecule has 122 valence electrons. The van der Waals surface area contributed by atoms with Crippen molar-refractivity contribution in [1.82, 2.24) is 0 Å². The van der Waals surface area contributed by atoms with Crippen LogP contribution in [0.1, 0.15) is 32.0 Å². The van der Waals surface area contributed by atoms with E-state index in [0.717, 1.165) is 5.56 Å². The van der Waals surface area contributed by atoms with Crippen LogP contribution in [0.5, 0.6) is 5.75 Å². The van der Waals surface area contributed by atoms with Gasteiger partial charge in [-0.15, -0.1) is 0 Å². The molecule has 0 radical (unpaired) electrons. The molecule has 24 heavy (non-hydrogen) atoms. The van der Waals surface area contributed by atoms with Gasteiger partial charge < -0.3 is 19.7 Å². The molecule has 0 saturated carbocycles. The fourth-order valence-electron chi connectivity index (χ4n) is 2.69. The molecule has 0 amide bonds. The summed E-state index contributed by atoms with van der Waals surface area (Å²) in [7, 11) is 0. The second kappa shape index (κ2) is 6.08. The lowest BCUT2D eigenvalue weighted by atomic mass is 10.0. The first-order valence-corrected chi connectivity index (χ1v) is 7.26. The van der Waals surface area contributed by atoms with Gasteiger partial charge in [-0.3, -0.25) is 0 Å². The SMILES string of the molecule is O=C(O)c1ccc(CCc2c(C(=O)O)oc3cccc(O)c23)cc1. The Kier molecular flexibility index (Phi) is 3.95.